The van der Waals surface area contributed by atoms with Gasteiger partial charge in [-0.1, -0.05) is 12.8 Å². The maximum atomic E-state index is 11.4. The summed E-state index contributed by atoms with van der Waals surface area (Å²) in [4.78, 5) is 0. The lowest BCUT2D eigenvalue weighted by Gasteiger charge is -2.46. The van der Waals surface area contributed by atoms with E-state index in [4.69, 9.17) is 0 Å². The molecule has 0 aromatic carbocycles. The van der Waals surface area contributed by atoms with Crippen LogP contribution >= 0.6 is 0 Å². The predicted molar refractivity (Wildman–Crippen MR) is 60.8 cm³/mol. The van der Waals surface area contributed by atoms with Crippen LogP contribution in [0.15, 0.2) is 0 Å². The fourth-order valence-electron chi connectivity index (χ4n) is 3.19. The third-order valence-corrected chi connectivity index (χ3v) is 6.16. The Morgan fingerprint density at radius 1 is 1.00 bits per heavy atom. The molecule has 4 nitrogen and oxygen atoms in total. The molecule has 1 saturated heterocycles. The van der Waals surface area contributed by atoms with Gasteiger partial charge in [0.05, 0.1) is 23.7 Å². The summed E-state index contributed by atoms with van der Waals surface area (Å²) in [6.45, 7) is -0.0982. The molecule has 1 saturated carbocycles. The van der Waals surface area contributed by atoms with Crippen molar-refractivity contribution in [2.45, 2.75) is 44.1 Å². The Morgan fingerprint density at radius 3 is 1.94 bits per heavy atom. The lowest BCUT2D eigenvalue weighted by molar-refractivity contribution is -0.110. The van der Waals surface area contributed by atoms with Crippen LogP contribution in [0.1, 0.15) is 38.5 Å². The van der Waals surface area contributed by atoms with Gasteiger partial charge in [-0.15, -0.1) is 0 Å². The molecule has 2 fully saturated rings. The van der Waals surface area contributed by atoms with E-state index >= 15 is 0 Å². The van der Waals surface area contributed by atoms with Crippen LogP contribution in [0.4, 0.5) is 0 Å². The molecule has 0 unspecified atom stereocenters. The van der Waals surface area contributed by atoms with Crippen molar-refractivity contribution in [2.24, 2.45) is 5.41 Å². The highest BCUT2D eigenvalue weighted by Crippen LogP contribution is 2.49. The highest BCUT2D eigenvalue weighted by atomic mass is 32.2. The first-order chi connectivity index (χ1) is 7.43. The summed E-state index contributed by atoms with van der Waals surface area (Å²) in [5.74, 6) is 0.214. The average molecular weight is 248 g/mol. The second-order valence-electron chi connectivity index (χ2n) is 5.33. The Balaban J connectivity index is 2.21. The topological polar surface area (TPSA) is 74.6 Å². The second-order valence-corrected chi connectivity index (χ2v) is 7.63. The zero-order valence-corrected chi connectivity index (χ0v) is 10.3. The summed E-state index contributed by atoms with van der Waals surface area (Å²) < 4.78 is 22.8. The van der Waals surface area contributed by atoms with Crippen LogP contribution in [0.25, 0.3) is 0 Å². The van der Waals surface area contributed by atoms with E-state index in [1.54, 1.807) is 0 Å². The van der Waals surface area contributed by atoms with E-state index in [-0.39, 0.29) is 18.1 Å². The van der Waals surface area contributed by atoms with Gasteiger partial charge in [0.2, 0.25) is 0 Å². The van der Waals surface area contributed by atoms with Crippen LogP contribution in [0.3, 0.4) is 0 Å². The van der Waals surface area contributed by atoms with Gasteiger partial charge in [0.1, 0.15) is 9.84 Å². The van der Waals surface area contributed by atoms with Crippen LogP contribution in [0, 0.1) is 5.41 Å². The van der Waals surface area contributed by atoms with Gasteiger partial charge in [0, 0.05) is 5.41 Å². The van der Waals surface area contributed by atoms with Crippen molar-refractivity contribution in [3.63, 3.8) is 0 Å². The van der Waals surface area contributed by atoms with Crippen LogP contribution in [-0.4, -0.2) is 42.3 Å². The zero-order valence-electron chi connectivity index (χ0n) is 9.48. The summed E-state index contributed by atoms with van der Waals surface area (Å²) in [5.41, 5.74) is -1.41. The molecule has 1 heterocycles. The summed E-state index contributed by atoms with van der Waals surface area (Å²) >= 11 is 0. The molecule has 0 aromatic rings. The van der Waals surface area contributed by atoms with Crippen molar-refractivity contribution >= 4 is 9.84 Å². The molecule has 1 aliphatic carbocycles. The zero-order chi connectivity index (χ0) is 11.9. The van der Waals surface area contributed by atoms with Crippen molar-refractivity contribution in [1.82, 2.24) is 0 Å². The Kier molecular flexibility index (Phi) is 3.05. The van der Waals surface area contributed by atoms with Crippen LogP contribution in [-0.2, 0) is 9.84 Å². The van der Waals surface area contributed by atoms with Crippen molar-refractivity contribution in [3.05, 3.63) is 0 Å². The minimum Gasteiger partial charge on any atom is -0.396 e. The first-order valence-electron chi connectivity index (χ1n) is 5.97. The summed E-state index contributed by atoms with van der Waals surface area (Å²) in [5, 5.41) is 20.2. The van der Waals surface area contributed by atoms with Gasteiger partial charge >= 0.3 is 0 Å². The quantitative estimate of drug-likeness (QED) is 0.745. The number of aliphatic hydroxyl groups excluding tert-OH is 1. The fourth-order valence-corrected chi connectivity index (χ4v) is 4.80. The van der Waals surface area contributed by atoms with E-state index in [0.29, 0.717) is 25.7 Å². The van der Waals surface area contributed by atoms with E-state index in [0.717, 1.165) is 12.8 Å². The molecule has 2 rings (SSSR count). The van der Waals surface area contributed by atoms with Gasteiger partial charge in [-0.3, -0.25) is 0 Å². The first kappa shape index (κ1) is 12.3. The Labute approximate surface area is 96.6 Å². The monoisotopic (exact) mass is 248 g/mol. The highest BCUT2D eigenvalue weighted by Gasteiger charge is 2.53. The van der Waals surface area contributed by atoms with E-state index in [1.807, 2.05) is 0 Å². The third-order valence-electron chi connectivity index (χ3n) is 4.50. The average Bonchev–Trinajstić information content (AvgIpc) is 2.67. The number of rotatable bonds is 2. The number of hydrogen-bond donors (Lipinski definition) is 2. The largest absolute Gasteiger partial charge is 0.396 e. The van der Waals surface area contributed by atoms with Crippen molar-refractivity contribution < 1.29 is 18.6 Å². The van der Waals surface area contributed by atoms with Gasteiger partial charge in [-0.05, 0) is 25.7 Å². The molecule has 0 spiro atoms. The molecule has 2 aliphatic rings. The Hall–Kier alpha value is -0.130. The molecular formula is C11H20O4S. The lowest BCUT2D eigenvalue weighted by atomic mass is 9.67. The second kappa shape index (κ2) is 3.96. The Morgan fingerprint density at radius 2 is 1.50 bits per heavy atom. The fraction of sp³-hybridized carbons (Fsp3) is 1.00. The third kappa shape index (κ3) is 1.89. The van der Waals surface area contributed by atoms with Gasteiger partial charge in [-0.25, -0.2) is 8.42 Å². The standard InChI is InChI=1S/C11H20O4S/c12-9-10(11(13)3-1-2-4-11)5-7-16(14,15)8-6-10/h12-13H,1-9H2. The minimum atomic E-state index is -2.94. The summed E-state index contributed by atoms with van der Waals surface area (Å²) in [6.07, 6.45) is 4.17. The molecule has 94 valence electrons. The first-order valence-corrected chi connectivity index (χ1v) is 7.79. The maximum absolute atomic E-state index is 11.4. The maximum Gasteiger partial charge on any atom is 0.150 e. The number of hydrogen-bond acceptors (Lipinski definition) is 4. The molecule has 0 aromatic heterocycles. The summed E-state index contributed by atoms with van der Waals surface area (Å²) in [6, 6.07) is 0. The van der Waals surface area contributed by atoms with E-state index in [2.05, 4.69) is 0 Å². The lowest BCUT2D eigenvalue weighted by Crippen LogP contribution is -2.53. The smallest absolute Gasteiger partial charge is 0.150 e. The Bertz CT molecular complexity index is 340. The number of aliphatic hydroxyl groups is 2. The van der Waals surface area contributed by atoms with Gasteiger partial charge < -0.3 is 10.2 Å². The van der Waals surface area contributed by atoms with Crippen molar-refractivity contribution in [2.75, 3.05) is 18.1 Å². The van der Waals surface area contributed by atoms with Crippen molar-refractivity contribution in [3.8, 4) is 0 Å². The normalized spacial score (nSPS) is 31.4. The molecular weight excluding hydrogens is 228 g/mol. The van der Waals surface area contributed by atoms with E-state index < -0.39 is 20.9 Å². The van der Waals surface area contributed by atoms with E-state index in [1.165, 1.54) is 0 Å². The number of sulfone groups is 1. The van der Waals surface area contributed by atoms with Gasteiger partial charge in [-0.2, -0.15) is 0 Å². The van der Waals surface area contributed by atoms with Gasteiger partial charge in [0.25, 0.3) is 0 Å². The van der Waals surface area contributed by atoms with Gasteiger partial charge in [0.15, 0.2) is 0 Å². The molecule has 5 heteroatoms. The molecule has 1 aliphatic heterocycles. The molecule has 0 amide bonds. The minimum absolute atomic E-state index is 0.0982. The van der Waals surface area contributed by atoms with Crippen LogP contribution < -0.4 is 0 Å². The van der Waals surface area contributed by atoms with E-state index in [9.17, 15) is 18.6 Å². The predicted octanol–water partition coefficient (Wildman–Crippen LogP) is 0.479. The summed E-state index contributed by atoms with van der Waals surface area (Å²) in [7, 11) is -2.94. The molecule has 0 atom stereocenters. The highest BCUT2D eigenvalue weighted by molar-refractivity contribution is 7.91. The van der Waals surface area contributed by atoms with Crippen LogP contribution in [0.5, 0.6) is 0 Å². The molecule has 0 radical (unpaired) electrons. The molecule has 2 N–H and O–H groups in total. The van der Waals surface area contributed by atoms with Crippen molar-refractivity contribution in [1.29, 1.82) is 0 Å². The SMILES string of the molecule is O=S1(=O)CCC(CO)(C2(O)CCCC2)CC1. The van der Waals surface area contributed by atoms with Crippen LogP contribution in [0.2, 0.25) is 0 Å². The molecule has 0 bridgehead atoms. The molecule has 16 heavy (non-hydrogen) atoms.